The molecular weight excluding hydrogens is 316 g/mol. The second-order valence-electron chi connectivity index (χ2n) is 6.40. The molecule has 0 bridgehead atoms. The highest BCUT2D eigenvalue weighted by Gasteiger charge is 2.37. The smallest absolute Gasteiger partial charge is 0.270 e. The van der Waals surface area contributed by atoms with Crippen molar-refractivity contribution >= 4 is 16.9 Å². The third kappa shape index (κ3) is 3.72. The lowest BCUT2D eigenvalue weighted by molar-refractivity contribution is -0.0498. The number of rotatable bonds is 5. The number of hydrogen-bond donors (Lipinski definition) is 3. The molecule has 0 spiro atoms. The fourth-order valence-electron chi connectivity index (χ4n) is 3.33. The highest BCUT2D eigenvalue weighted by atomic mass is 19.3. The van der Waals surface area contributed by atoms with Crippen LogP contribution >= 0.6 is 0 Å². The lowest BCUT2D eigenvalue weighted by Crippen LogP contribution is -2.43. The normalized spacial score (nSPS) is 19.3. The van der Waals surface area contributed by atoms with E-state index in [1.807, 2.05) is 6.07 Å². The first-order valence-corrected chi connectivity index (χ1v) is 8.22. The van der Waals surface area contributed by atoms with Crippen LogP contribution < -0.4 is 5.32 Å². The molecule has 1 fully saturated rings. The van der Waals surface area contributed by atoms with Crippen LogP contribution in [0.15, 0.2) is 24.4 Å². The van der Waals surface area contributed by atoms with Crippen LogP contribution in [0, 0.1) is 5.92 Å². The van der Waals surface area contributed by atoms with Gasteiger partial charge >= 0.3 is 0 Å². The van der Waals surface area contributed by atoms with Gasteiger partial charge in [0.25, 0.3) is 5.91 Å². The van der Waals surface area contributed by atoms with Crippen LogP contribution in [-0.2, 0) is 0 Å². The number of fused-ring (bicyclic) bond motifs is 1. The summed E-state index contributed by atoms with van der Waals surface area (Å²) in [6.07, 6.45) is 2.47. The summed E-state index contributed by atoms with van der Waals surface area (Å²) in [6.45, 7) is -0.0963. The van der Waals surface area contributed by atoms with Crippen molar-refractivity contribution in [3.63, 3.8) is 0 Å². The Bertz CT molecular complexity index is 707. The second kappa shape index (κ2) is 6.84. The summed E-state index contributed by atoms with van der Waals surface area (Å²) in [7, 11) is 0. The second-order valence-corrected chi connectivity index (χ2v) is 6.40. The molecule has 2 aromatic heterocycles. The van der Waals surface area contributed by atoms with Gasteiger partial charge in [-0.05, 0) is 43.4 Å². The van der Waals surface area contributed by atoms with Crippen molar-refractivity contribution in [2.75, 3.05) is 6.61 Å². The van der Waals surface area contributed by atoms with Crippen molar-refractivity contribution in [3.8, 4) is 0 Å². The van der Waals surface area contributed by atoms with Crippen molar-refractivity contribution in [1.82, 2.24) is 15.3 Å². The summed E-state index contributed by atoms with van der Waals surface area (Å²) in [5.41, 5.74) is 0.896. The van der Waals surface area contributed by atoms with Gasteiger partial charge < -0.3 is 15.4 Å². The van der Waals surface area contributed by atoms with E-state index in [0.29, 0.717) is 24.9 Å². The third-order valence-electron chi connectivity index (χ3n) is 4.73. The molecule has 5 nitrogen and oxygen atoms in total. The minimum Gasteiger partial charge on any atom is -0.396 e. The Morgan fingerprint density at radius 1 is 1.38 bits per heavy atom. The molecule has 2 aromatic rings. The van der Waals surface area contributed by atoms with Gasteiger partial charge in [-0.25, -0.2) is 13.8 Å². The zero-order valence-electron chi connectivity index (χ0n) is 13.3. The molecule has 0 aliphatic heterocycles. The van der Waals surface area contributed by atoms with E-state index in [2.05, 4.69) is 15.3 Å². The quantitative estimate of drug-likeness (QED) is 0.785. The monoisotopic (exact) mass is 337 g/mol. The van der Waals surface area contributed by atoms with E-state index in [1.165, 1.54) is 0 Å². The summed E-state index contributed by atoms with van der Waals surface area (Å²) in [5.74, 6) is -3.00. The highest BCUT2D eigenvalue weighted by molar-refractivity contribution is 5.94. The Labute approximate surface area is 138 Å². The fraction of sp³-hybridized carbons (Fsp3) is 0.529. The van der Waals surface area contributed by atoms with Crippen molar-refractivity contribution < 1.29 is 18.7 Å². The van der Waals surface area contributed by atoms with Crippen molar-refractivity contribution in [2.24, 2.45) is 5.92 Å². The van der Waals surface area contributed by atoms with Crippen LogP contribution in [0.3, 0.4) is 0 Å². The van der Waals surface area contributed by atoms with Gasteiger partial charge in [0.05, 0.1) is 0 Å². The first-order chi connectivity index (χ1) is 11.5. The molecule has 1 amide bonds. The summed E-state index contributed by atoms with van der Waals surface area (Å²) in [6, 6.07) is 4.98. The number of aromatic nitrogens is 2. The number of alkyl halides is 2. The lowest BCUT2D eigenvalue weighted by Gasteiger charge is -2.34. The standard InChI is InChI=1S/C17H21F2N3O2/c18-17(19)7-3-11(4-8-17)13(6-10-23)22-16(24)14-2-1-12-5-9-20-15(12)21-14/h1-2,5,9,11,13,23H,3-4,6-8,10H2,(H,20,21)(H,22,24). The number of pyridine rings is 1. The number of aromatic amines is 1. The van der Waals surface area contributed by atoms with Crippen molar-refractivity contribution in [1.29, 1.82) is 0 Å². The molecule has 130 valence electrons. The molecule has 3 N–H and O–H groups in total. The van der Waals surface area contributed by atoms with Crippen LogP contribution in [0.2, 0.25) is 0 Å². The predicted molar refractivity (Wildman–Crippen MR) is 86.0 cm³/mol. The fourth-order valence-corrected chi connectivity index (χ4v) is 3.33. The predicted octanol–water partition coefficient (Wildman–Crippen LogP) is 2.87. The van der Waals surface area contributed by atoms with E-state index < -0.39 is 5.92 Å². The molecule has 0 saturated heterocycles. The molecule has 1 saturated carbocycles. The van der Waals surface area contributed by atoms with Gasteiger partial charge in [-0.3, -0.25) is 4.79 Å². The summed E-state index contributed by atoms with van der Waals surface area (Å²) >= 11 is 0. The van der Waals surface area contributed by atoms with Crippen LogP contribution in [0.4, 0.5) is 8.78 Å². The van der Waals surface area contributed by atoms with Crippen molar-refractivity contribution in [2.45, 2.75) is 44.1 Å². The first kappa shape index (κ1) is 16.8. The van der Waals surface area contributed by atoms with E-state index in [-0.39, 0.29) is 43.0 Å². The number of carbonyl (C=O) groups excluding carboxylic acids is 1. The van der Waals surface area contributed by atoms with Gasteiger partial charge in [-0.2, -0.15) is 0 Å². The number of H-pyrrole nitrogens is 1. The maximum Gasteiger partial charge on any atom is 0.270 e. The molecular formula is C17H21F2N3O2. The van der Waals surface area contributed by atoms with Gasteiger partial charge in [-0.15, -0.1) is 0 Å². The lowest BCUT2D eigenvalue weighted by atomic mass is 9.81. The summed E-state index contributed by atoms with van der Waals surface area (Å²) in [5, 5.41) is 13.0. The van der Waals surface area contributed by atoms with Gasteiger partial charge in [0.2, 0.25) is 5.92 Å². The maximum atomic E-state index is 13.3. The van der Waals surface area contributed by atoms with Gasteiger partial charge in [-0.1, -0.05) is 0 Å². The maximum absolute atomic E-state index is 13.3. The Hall–Kier alpha value is -2.02. The van der Waals surface area contributed by atoms with E-state index in [1.54, 1.807) is 18.3 Å². The number of carbonyl (C=O) groups is 1. The van der Waals surface area contributed by atoms with E-state index in [4.69, 9.17) is 0 Å². The molecule has 1 aliphatic carbocycles. The number of amides is 1. The number of hydrogen-bond acceptors (Lipinski definition) is 3. The Balaban J connectivity index is 1.69. The number of aliphatic hydroxyl groups is 1. The molecule has 0 aromatic carbocycles. The van der Waals surface area contributed by atoms with E-state index >= 15 is 0 Å². The van der Waals surface area contributed by atoms with Crippen LogP contribution in [-0.4, -0.2) is 39.6 Å². The number of halogens is 2. The Morgan fingerprint density at radius 2 is 2.12 bits per heavy atom. The SMILES string of the molecule is O=C(NC(CCO)C1CCC(F)(F)CC1)c1ccc2cc[nH]c2n1. The molecule has 1 aliphatic rings. The van der Waals surface area contributed by atoms with Crippen molar-refractivity contribution in [3.05, 3.63) is 30.1 Å². The number of nitrogens with zero attached hydrogens (tertiary/aromatic N) is 1. The van der Waals surface area contributed by atoms with Gasteiger partial charge in [0, 0.05) is 37.1 Å². The van der Waals surface area contributed by atoms with E-state index in [9.17, 15) is 18.7 Å². The van der Waals surface area contributed by atoms with Gasteiger partial charge in [0.15, 0.2) is 0 Å². The molecule has 24 heavy (non-hydrogen) atoms. The highest BCUT2D eigenvalue weighted by Crippen LogP contribution is 2.38. The molecule has 0 radical (unpaired) electrons. The minimum absolute atomic E-state index is 0.0463. The minimum atomic E-state index is -2.61. The summed E-state index contributed by atoms with van der Waals surface area (Å²) in [4.78, 5) is 19.7. The van der Waals surface area contributed by atoms with Crippen LogP contribution in [0.25, 0.3) is 11.0 Å². The molecule has 3 rings (SSSR count). The summed E-state index contributed by atoms with van der Waals surface area (Å²) < 4.78 is 26.6. The zero-order chi connectivity index (χ0) is 17.2. The average molecular weight is 337 g/mol. The third-order valence-corrected chi connectivity index (χ3v) is 4.73. The molecule has 7 heteroatoms. The topological polar surface area (TPSA) is 78.0 Å². The first-order valence-electron chi connectivity index (χ1n) is 8.22. The van der Waals surface area contributed by atoms with Crippen LogP contribution in [0.5, 0.6) is 0 Å². The number of nitrogens with one attached hydrogen (secondary N) is 2. The van der Waals surface area contributed by atoms with Crippen LogP contribution in [0.1, 0.15) is 42.6 Å². The Morgan fingerprint density at radius 3 is 2.83 bits per heavy atom. The average Bonchev–Trinajstić information content (AvgIpc) is 3.02. The Kier molecular flexibility index (Phi) is 4.80. The largest absolute Gasteiger partial charge is 0.396 e. The molecule has 1 unspecified atom stereocenters. The van der Waals surface area contributed by atoms with Gasteiger partial charge in [0.1, 0.15) is 11.3 Å². The molecule has 1 atom stereocenters. The zero-order valence-corrected chi connectivity index (χ0v) is 13.3. The van der Waals surface area contributed by atoms with E-state index in [0.717, 1.165) is 5.39 Å². The number of aliphatic hydroxyl groups excluding tert-OH is 1. The molecule has 2 heterocycles.